The minimum absolute atomic E-state index is 0.181. The largest absolute Gasteiger partial charge is 0.351 e. The van der Waals surface area contributed by atoms with Crippen LogP contribution in [0.2, 0.25) is 0 Å². The van der Waals surface area contributed by atoms with Crippen molar-refractivity contribution in [2.45, 2.75) is 65.0 Å². The smallest absolute Gasteiger partial charge is 0.314 e. The molecule has 2 rings (SSSR count). The van der Waals surface area contributed by atoms with Crippen LogP contribution in [0, 0.1) is 5.92 Å². The van der Waals surface area contributed by atoms with Crippen LogP contribution in [-0.2, 0) is 5.41 Å². The van der Waals surface area contributed by atoms with Crippen molar-refractivity contribution in [3.63, 3.8) is 0 Å². The lowest BCUT2D eigenvalue weighted by Crippen LogP contribution is -2.48. The fraction of sp³-hybridized carbons (Fsp3) is 0.650. The van der Waals surface area contributed by atoms with E-state index >= 15 is 0 Å². The minimum atomic E-state index is -0.299. The molecule has 0 spiro atoms. The maximum atomic E-state index is 11.3. The van der Waals surface area contributed by atoms with Crippen LogP contribution < -0.4 is 11.1 Å². The molecule has 1 aromatic rings. The third kappa shape index (κ3) is 4.73. The van der Waals surface area contributed by atoms with Crippen LogP contribution in [0.5, 0.6) is 0 Å². The van der Waals surface area contributed by atoms with Gasteiger partial charge in [0.2, 0.25) is 0 Å². The fourth-order valence-corrected chi connectivity index (χ4v) is 3.38. The molecule has 0 bridgehead atoms. The van der Waals surface area contributed by atoms with Gasteiger partial charge in [-0.15, -0.1) is 0 Å². The molecule has 1 heterocycles. The van der Waals surface area contributed by atoms with Gasteiger partial charge in [0.1, 0.15) is 0 Å². The summed E-state index contributed by atoms with van der Waals surface area (Å²) in [6, 6.07) is 9.50. The Kier molecular flexibility index (Phi) is 5.92. The topological polar surface area (TPSA) is 58.4 Å². The van der Waals surface area contributed by atoms with E-state index in [0.29, 0.717) is 18.0 Å². The second-order valence-corrected chi connectivity index (χ2v) is 8.36. The van der Waals surface area contributed by atoms with Crippen LogP contribution in [0.3, 0.4) is 0 Å². The van der Waals surface area contributed by atoms with Crippen LogP contribution in [-0.4, -0.2) is 30.1 Å². The second-order valence-electron chi connectivity index (χ2n) is 8.36. The summed E-state index contributed by atoms with van der Waals surface area (Å²) >= 11 is 0. The monoisotopic (exact) mass is 331 g/mol. The van der Waals surface area contributed by atoms with Gasteiger partial charge in [-0.05, 0) is 35.3 Å². The molecular weight excluding hydrogens is 298 g/mol. The lowest BCUT2D eigenvalue weighted by atomic mass is 9.85. The Balaban J connectivity index is 2.04. The van der Waals surface area contributed by atoms with Gasteiger partial charge in [0.25, 0.3) is 0 Å². The Hall–Kier alpha value is -1.55. The van der Waals surface area contributed by atoms with Gasteiger partial charge in [-0.1, -0.05) is 58.9 Å². The molecule has 0 aliphatic carbocycles. The first-order valence-corrected chi connectivity index (χ1v) is 9.09. The normalized spacial score (nSPS) is 18.0. The molecule has 2 amide bonds. The van der Waals surface area contributed by atoms with Gasteiger partial charge in [-0.2, -0.15) is 0 Å². The van der Waals surface area contributed by atoms with Crippen molar-refractivity contribution >= 4 is 6.03 Å². The van der Waals surface area contributed by atoms with E-state index in [1.54, 1.807) is 4.90 Å². The number of likely N-dealkylation sites (tertiary alicyclic amines) is 1. The Labute approximate surface area is 146 Å². The molecule has 1 saturated heterocycles. The Bertz CT molecular complexity index is 537. The van der Waals surface area contributed by atoms with E-state index < -0.39 is 0 Å². The van der Waals surface area contributed by atoms with Crippen molar-refractivity contribution in [1.29, 1.82) is 0 Å². The van der Waals surface area contributed by atoms with Gasteiger partial charge < -0.3 is 16.0 Å². The summed E-state index contributed by atoms with van der Waals surface area (Å²) in [5.41, 5.74) is 8.26. The molecule has 134 valence electrons. The highest BCUT2D eigenvalue weighted by molar-refractivity contribution is 5.72. The zero-order valence-electron chi connectivity index (χ0n) is 15.8. The number of carbonyl (C=O) groups excluding carboxylic acids is 1. The van der Waals surface area contributed by atoms with Gasteiger partial charge >= 0.3 is 6.03 Å². The number of urea groups is 1. The minimum Gasteiger partial charge on any atom is -0.351 e. The van der Waals surface area contributed by atoms with Gasteiger partial charge in [-0.25, -0.2) is 4.79 Å². The van der Waals surface area contributed by atoms with Crippen LogP contribution in [0.4, 0.5) is 4.79 Å². The molecule has 1 aromatic carbocycles. The summed E-state index contributed by atoms with van der Waals surface area (Å²) < 4.78 is 0. The molecule has 4 heteroatoms. The van der Waals surface area contributed by atoms with Crippen molar-refractivity contribution < 1.29 is 4.79 Å². The number of nitrogens with one attached hydrogen (secondary N) is 1. The summed E-state index contributed by atoms with van der Waals surface area (Å²) in [4.78, 5) is 13.0. The third-order valence-corrected chi connectivity index (χ3v) is 5.02. The molecule has 0 aromatic heterocycles. The van der Waals surface area contributed by atoms with Crippen LogP contribution in [0.15, 0.2) is 24.3 Å². The number of piperidine rings is 1. The quantitative estimate of drug-likeness (QED) is 0.881. The fourth-order valence-electron chi connectivity index (χ4n) is 3.38. The maximum Gasteiger partial charge on any atom is 0.314 e. The van der Waals surface area contributed by atoms with Crippen molar-refractivity contribution in [2.75, 3.05) is 13.1 Å². The average molecular weight is 332 g/mol. The first-order valence-electron chi connectivity index (χ1n) is 9.09. The molecule has 24 heavy (non-hydrogen) atoms. The number of rotatable bonds is 4. The SMILES string of the molecule is CC(C)C(NC1CCN(C(N)=O)CC1)c1ccc(C(C)(C)C)cc1. The molecule has 4 nitrogen and oxygen atoms in total. The number of hydrogen-bond donors (Lipinski definition) is 2. The summed E-state index contributed by atoms with van der Waals surface area (Å²) in [5, 5.41) is 3.81. The van der Waals surface area contributed by atoms with Crippen molar-refractivity contribution in [3.05, 3.63) is 35.4 Å². The van der Waals surface area contributed by atoms with Gasteiger partial charge in [0, 0.05) is 25.2 Å². The summed E-state index contributed by atoms with van der Waals surface area (Å²) in [6.45, 7) is 12.7. The van der Waals surface area contributed by atoms with Crippen molar-refractivity contribution in [3.8, 4) is 0 Å². The Morgan fingerprint density at radius 2 is 1.71 bits per heavy atom. The molecule has 1 aliphatic rings. The number of nitrogens with two attached hydrogens (primary N) is 1. The number of benzene rings is 1. The first kappa shape index (κ1) is 18.8. The maximum absolute atomic E-state index is 11.3. The second kappa shape index (κ2) is 7.56. The number of amides is 2. The van der Waals surface area contributed by atoms with E-state index in [2.05, 4.69) is 64.2 Å². The zero-order valence-corrected chi connectivity index (χ0v) is 15.8. The predicted molar refractivity (Wildman–Crippen MR) is 100 cm³/mol. The number of hydrogen-bond acceptors (Lipinski definition) is 2. The average Bonchev–Trinajstić information content (AvgIpc) is 2.52. The highest BCUT2D eigenvalue weighted by atomic mass is 16.2. The Morgan fingerprint density at radius 1 is 1.17 bits per heavy atom. The number of carbonyl (C=O) groups is 1. The molecule has 0 saturated carbocycles. The van der Waals surface area contributed by atoms with E-state index in [4.69, 9.17) is 5.73 Å². The van der Waals surface area contributed by atoms with Crippen LogP contribution in [0.25, 0.3) is 0 Å². The van der Waals surface area contributed by atoms with Gasteiger partial charge in [0.15, 0.2) is 0 Å². The first-order chi connectivity index (χ1) is 11.2. The van der Waals surface area contributed by atoms with Crippen molar-refractivity contribution in [1.82, 2.24) is 10.2 Å². The molecule has 1 fully saturated rings. The van der Waals surface area contributed by atoms with Crippen LogP contribution in [0.1, 0.15) is 64.6 Å². The lowest BCUT2D eigenvalue weighted by Gasteiger charge is -2.35. The molecular formula is C20H33N3O. The van der Waals surface area contributed by atoms with Gasteiger partial charge in [-0.3, -0.25) is 0 Å². The highest BCUT2D eigenvalue weighted by Crippen LogP contribution is 2.28. The van der Waals surface area contributed by atoms with E-state index in [9.17, 15) is 4.79 Å². The molecule has 3 N–H and O–H groups in total. The molecule has 1 aliphatic heterocycles. The molecule has 0 radical (unpaired) electrons. The van der Waals surface area contributed by atoms with E-state index in [-0.39, 0.29) is 11.4 Å². The van der Waals surface area contributed by atoms with Crippen molar-refractivity contribution in [2.24, 2.45) is 11.7 Å². The van der Waals surface area contributed by atoms with Crippen LogP contribution >= 0.6 is 0 Å². The number of primary amides is 1. The number of nitrogens with zero attached hydrogens (tertiary/aromatic N) is 1. The van der Waals surface area contributed by atoms with E-state index in [0.717, 1.165) is 25.9 Å². The highest BCUT2D eigenvalue weighted by Gasteiger charge is 2.25. The third-order valence-electron chi connectivity index (χ3n) is 5.02. The summed E-state index contributed by atoms with van der Waals surface area (Å²) in [7, 11) is 0. The Morgan fingerprint density at radius 3 is 2.12 bits per heavy atom. The van der Waals surface area contributed by atoms with Gasteiger partial charge in [0.05, 0.1) is 0 Å². The standard InChI is InChI=1S/C20H33N3O/c1-14(2)18(15-6-8-16(9-7-15)20(3,4)5)22-17-10-12-23(13-11-17)19(21)24/h6-9,14,17-18,22H,10-13H2,1-5H3,(H2,21,24). The molecule has 1 unspecified atom stereocenters. The summed E-state index contributed by atoms with van der Waals surface area (Å²) in [6.07, 6.45) is 1.93. The lowest BCUT2D eigenvalue weighted by molar-refractivity contribution is 0.179. The van der Waals surface area contributed by atoms with E-state index in [1.807, 2.05) is 0 Å². The molecule has 1 atom stereocenters. The van der Waals surface area contributed by atoms with E-state index in [1.165, 1.54) is 11.1 Å². The zero-order chi connectivity index (χ0) is 17.9. The summed E-state index contributed by atoms with van der Waals surface area (Å²) in [5.74, 6) is 0.514. The predicted octanol–water partition coefficient (Wildman–Crippen LogP) is 3.81.